The van der Waals surface area contributed by atoms with Gasteiger partial charge in [-0.3, -0.25) is 0 Å². The van der Waals surface area contributed by atoms with E-state index in [1.807, 2.05) is 30.5 Å². The summed E-state index contributed by atoms with van der Waals surface area (Å²) in [6, 6.07) is 18.2. The molecule has 0 radical (unpaired) electrons. The number of carbonyl (C=O) groups is 1. The van der Waals surface area contributed by atoms with E-state index in [9.17, 15) is 4.79 Å². The second kappa shape index (κ2) is 10.4. The number of rotatable bonds is 5. The lowest BCUT2D eigenvalue weighted by molar-refractivity contribution is 0.0970. The number of benzene rings is 3. The predicted molar refractivity (Wildman–Crippen MR) is 143 cm³/mol. The maximum absolute atomic E-state index is 15.1. The minimum Gasteiger partial charge on any atom is -0.486 e. The zero-order valence-electron chi connectivity index (χ0n) is 21.3. The number of likely N-dealkylation sites (tertiary alicyclic amines) is 1. The van der Waals surface area contributed by atoms with Crippen LogP contribution in [0.1, 0.15) is 18.4 Å². The number of amides is 1. The molecule has 1 N–H and O–H groups in total. The van der Waals surface area contributed by atoms with Gasteiger partial charge in [0.1, 0.15) is 24.8 Å². The summed E-state index contributed by atoms with van der Waals surface area (Å²) in [5, 5.41) is 1.09. The Bertz CT molecular complexity index is 1460. The van der Waals surface area contributed by atoms with Crippen LogP contribution in [0.2, 0.25) is 0 Å². The molecule has 0 atom stereocenters. The van der Waals surface area contributed by atoms with E-state index in [0.29, 0.717) is 36.0 Å². The number of nitrogens with zero attached hydrogens (tertiary/aromatic N) is 2. The summed E-state index contributed by atoms with van der Waals surface area (Å²) in [6.45, 7) is 2.76. The van der Waals surface area contributed by atoms with Gasteiger partial charge in [-0.15, -0.1) is 0 Å². The average Bonchev–Trinajstić information content (AvgIpc) is 3.41. The van der Waals surface area contributed by atoms with Crippen LogP contribution in [-0.2, 0) is 6.54 Å². The summed E-state index contributed by atoms with van der Waals surface area (Å²) in [6.07, 6.45) is 2.98. The van der Waals surface area contributed by atoms with Crippen LogP contribution in [0.4, 0.5) is 9.18 Å². The Kier molecular flexibility index (Phi) is 6.64. The molecule has 3 heterocycles. The summed E-state index contributed by atoms with van der Waals surface area (Å²) in [5.41, 5.74) is 3.39. The molecular formula is C30H30FN3O4. The van der Waals surface area contributed by atoms with Crippen LogP contribution >= 0.6 is 0 Å². The van der Waals surface area contributed by atoms with Gasteiger partial charge in [0.2, 0.25) is 0 Å². The highest BCUT2D eigenvalue weighted by Crippen LogP contribution is 2.34. The Morgan fingerprint density at radius 3 is 2.61 bits per heavy atom. The largest absolute Gasteiger partial charge is 0.486 e. The third-order valence-corrected chi connectivity index (χ3v) is 7.36. The predicted octanol–water partition coefficient (Wildman–Crippen LogP) is 5.84. The molecule has 0 aliphatic carbocycles. The van der Waals surface area contributed by atoms with E-state index in [0.717, 1.165) is 48.0 Å². The third kappa shape index (κ3) is 5.04. The fraction of sp³-hybridized carbons (Fsp3) is 0.300. The number of ether oxygens (including phenoxy) is 3. The van der Waals surface area contributed by atoms with Crippen molar-refractivity contribution in [2.24, 2.45) is 0 Å². The zero-order chi connectivity index (χ0) is 26.1. The van der Waals surface area contributed by atoms with Crippen molar-refractivity contribution >= 4 is 17.0 Å². The minimum absolute atomic E-state index is 0.0600. The second-order valence-electron chi connectivity index (χ2n) is 9.92. The molecular weight excluding hydrogens is 485 g/mol. The van der Waals surface area contributed by atoms with Crippen molar-refractivity contribution in [1.29, 1.82) is 0 Å². The topological polar surface area (TPSA) is 67.0 Å². The lowest BCUT2D eigenvalue weighted by atomic mass is 9.99. The van der Waals surface area contributed by atoms with Crippen LogP contribution in [0, 0.1) is 5.82 Å². The van der Waals surface area contributed by atoms with E-state index in [-0.39, 0.29) is 18.4 Å². The quantitative estimate of drug-likeness (QED) is 0.362. The third-order valence-electron chi connectivity index (χ3n) is 7.36. The summed E-state index contributed by atoms with van der Waals surface area (Å²) >= 11 is 0. The number of fused-ring (bicyclic) bond motifs is 2. The smallest absolute Gasteiger partial charge is 0.415 e. The summed E-state index contributed by atoms with van der Waals surface area (Å²) < 4.78 is 32.1. The lowest BCUT2D eigenvalue weighted by Crippen LogP contribution is -2.47. The molecule has 0 bridgehead atoms. The van der Waals surface area contributed by atoms with Gasteiger partial charge in [0.15, 0.2) is 11.5 Å². The highest BCUT2D eigenvalue weighted by atomic mass is 19.1. The van der Waals surface area contributed by atoms with Gasteiger partial charge in [-0.2, -0.15) is 0 Å². The summed E-state index contributed by atoms with van der Waals surface area (Å²) in [4.78, 5) is 20.6. The average molecular weight is 516 g/mol. The number of H-pyrrole nitrogens is 1. The highest BCUT2D eigenvalue weighted by Gasteiger charge is 2.30. The first-order valence-electron chi connectivity index (χ1n) is 13.0. The number of aromatic amines is 1. The number of halogens is 1. The van der Waals surface area contributed by atoms with Crippen LogP contribution in [0.15, 0.2) is 66.9 Å². The van der Waals surface area contributed by atoms with E-state index in [2.05, 4.69) is 23.0 Å². The van der Waals surface area contributed by atoms with Gasteiger partial charge in [-0.25, -0.2) is 9.18 Å². The summed E-state index contributed by atoms with van der Waals surface area (Å²) in [7, 11) is 2.07. The molecule has 0 saturated carbocycles. The first-order valence-corrected chi connectivity index (χ1v) is 13.0. The van der Waals surface area contributed by atoms with Gasteiger partial charge in [-0.05, 0) is 92.0 Å². The molecule has 1 saturated heterocycles. The van der Waals surface area contributed by atoms with Crippen molar-refractivity contribution in [3.8, 4) is 28.4 Å². The first kappa shape index (κ1) is 24.3. The van der Waals surface area contributed by atoms with Crippen molar-refractivity contribution in [3.63, 3.8) is 0 Å². The minimum atomic E-state index is -0.505. The Hall–Kier alpha value is -4.04. The van der Waals surface area contributed by atoms with Gasteiger partial charge in [0.05, 0.1) is 6.54 Å². The van der Waals surface area contributed by atoms with Crippen molar-refractivity contribution in [3.05, 3.63) is 78.2 Å². The number of piperidine rings is 1. The molecule has 6 rings (SSSR count). The molecule has 3 aromatic carbocycles. The van der Waals surface area contributed by atoms with E-state index < -0.39 is 6.09 Å². The van der Waals surface area contributed by atoms with Crippen molar-refractivity contribution in [1.82, 2.24) is 14.8 Å². The molecule has 8 heteroatoms. The van der Waals surface area contributed by atoms with Crippen LogP contribution in [0.5, 0.6) is 17.2 Å². The number of hydrogen-bond acceptors (Lipinski definition) is 5. The van der Waals surface area contributed by atoms with Crippen LogP contribution < -0.4 is 14.2 Å². The Morgan fingerprint density at radius 2 is 1.76 bits per heavy atom. The van der Waals surface area contributed by atoms with Crippen molar-refractivity contribution in [2.75, 3.05) is 33.4 Å². The molecule has 7 nitrogen and oxygen atoms in total. The van der Waals surface area contributed by atoms with Crippen molar-refractivity contribution < 1.29 is 23.4 Å². The standard InChI is InChI=1S/C30H30FN3O4/c1-33-12-9-24(10-13-33)34(30(35)38-25-4-7-28-29(18-25)37-15-14-36-28)19-23-17-20(2-5-26(23)31)21-3-6-27-22(16-21)8-11-32-27/h2-8,11,16-18,24,32H,9-10,12-15,19H2,1H3. The van der Waals surface area contributed by atoms with Gasteiger partial charge in [-0.1, -0.05) is 12.1 Å². The molecule has 0 spiro atoms. The lowest BCUT2D eigenvalue weighted by Gasteiger charge is -2.36. The van der Waals surface area contributed by atoms with Gasteiger partial charge in [0.25, 0.3) is 0 Å². The molecule has 2 aliphatic rings. The first-order chi connectivity index (χ1) is 18.5. The van der Waals surface area contributed by atoms with E-state index in [1.54, 1.807) is 29.2 Å². The Labute approximate surface area is 220 Å². The number of hydrogen-bond donors (Lipinski definition) is 1. The molecule has 1 amide bonds. The number of aromatic nitrogens is 1. The van der Waals surface area contributed by atoms with Crippen molar-refractivity contribution in [2.45, 2.75) is 25.4 Å². The molecule has 1 aromatic heterocycles. The monoisotopic (exact) mass is 515 g/mol. The Morgan fingerprint density at radius 1 is 1.00 bits per heavy atom. The highest BCUT2D eigenvalue weighted by molar-refractivity contribution is 5.85. The maximum atomic E-state index is 15.1. The van der Waals surface area contributed by atoms with E-state index in [4.69, 9.17) is 14.2 Å². The molecule has 196 valence electrons. The van der Waals surface area contributed by atoms with Gasteiger partial charge >= 0.3 is 6.09 Å². The SMILES string of the molecule is CN1CCC(N(Cc2cc(-c3ccc4[nH]ccc4c3)ccc2F)C(=O)Oc2ccc3c(c2)OCCO3)CC1. The fourth-order valence-corrected chi connectivity index (χ4v) is 5.19. The molecule has 1 fully saturated rings. The second-order valence-corrected chi connectivity index (χ2v) is 9.92. The van der Waals surface area contributed by atoms with Gasteiger partial charge < -0.3 is 29.0 Å². The molecule has 2 aliphatic heterocycles. The van der Waals surface area contributed by atoms with Crippen LogP contribution in [-0.4, -0.2) is 60.3 Å². The molecule has 0 unspecified atom stereocenters. The maximum Gasteiger partial charge on any atom is 0.415 e. The molecule has 38 heavy (non-hydrogen) atoms. The van der Waals surface area contributed by atoms with E-state index in [1.165, 1.54) is 6.07 Å². The van der Waals surface area contributed by atoms with E-state index >= 15 is 4.39 Å². The normalized spacial score (nSPS) is 15.9. The Balaban J connectivity index is 1.27. The van der Waals surface area contributed by atoms with Crippen LogP contribution in [0.3, 0.4) is 0 Å². The zero-order valence-corrected chi connectivity index (χ0v) is 21.3. The molecule has 4 aromatic rings. The number of carbonyl (C=O) groups excluding carboxylic acids is 1. The van der Waals surface area contributed by atoms with Gasteiger partial charge in [0, 0.05) is 29.4 Å². The number of nitrogens with one attached hydrogen (secondary N) is 1. The summed E-state index contributed by atoms with van der Waals surface area (Å²) in [5.74, 6) is 1.19. The van der Waals surface area contributed by atoms with Crippen LogP contribution in [0.25, 0.3) is 22.0 Å². The fourth-order valence-electron chi connectivity index (χ4n) is 5.19.